The van der Waals surface area contributed by atoms with Crippen LogP contribution in [0.4, 0.5) is 15.8 Å². The van der Waals surface area contributed by atoms with Crippen LogP contribution in [0.2, 0.25) is 0 Å². The Kier molecular flexibility index (Phi) is 4.90. The lowest BCUT2D eigenvalue weighted by Gasteiger charge is -2.16. The molecule has 0 aliphatic carbocycles. The lowest BCUT2D eigenvalue weighted by atomic mass is 10.2. The minimum absolute atomic E-state index is 0.192. The molecule has 1 atom stereocenters. The highest BCUT2D eigenvalue weighted by atomic mass is 19.1. The quantitative estimate of drug-likeness (QED) is 0.463. The van der Waals surface area contributed by atoms with E-state index in [-0.39, 0.29) is 17.7 Å². The van der Waals surface area contributed by atoms with Crippen LogP contribution < -0.4 is 15.8 Å². The molecule has 2 aromatic carbocycles. The van der Waals surface area contributed by atoms with Gasteiger partial charge < -0.3 is 0 Å². The fourth-order valence-corrected chi connectivity index (χ4v) is 2.65. The maximum Gasteiger partial charge on any atom is 0.282 e. The molecule has 9 nitrogen and oxygen atoms in total. The van der Waals surface area contributed by atoms with Gasteiger partial charge in [-0.25, -0.2) is 14.7 Å². The number of rotatable bonds is 5. The van der Waals surface area contributed by atoms with Gasteiger partial charge >= 0.3 is 0 Å². The van der Waals surface area contributed by atoms with Crippen molar-refractivity contribution in [3.63, 3.8) is 0 Å². The Morgan fingerprint density at radius 1 is 1.15 bits per heavy atom. The van der Waals surface area contributed by atoms with Crippen LogP contribution in [0.3, 0.4) is 0 Å². The molecule has 10 heteroatoms. The van der Waals surface area contributed by atoms with Gasteiger partial charge in [-0.1, -0.05) is 12.1 Å². The summed E-state index contributed by atoms with van der Waals surface area (Å²) in [5.74, 6) is -2.48. The first-order chi connectivity index (χ1) is 12.9. The van der Waals surface area contributed by atoms with E-state index in [1.165, 1.54) is 36.4 Å². The zero-order valence-electron chi connectivity index (χ0n) is 13.7. The zero-order valence-corrected chi connectivity index (χ0v) is 13.7. The Hall–Kier alpha value is -3.66. The molecule has 3 amide bonds. The van der Waals surface area contributed by atoms with Crippen molar-refractivity contribution in [2.24, 2.45) is 0 Å². The highest BCUT2D eigenvalue weighted by Crippen LogP contribution is 2.23. The molecular formula is C17H13FN4O5. The van der Waals surface area contributed by atoms with E-state index in [1.807, 2.05) is 0 Å². The SMILES string of the molecule is O=C(NN[C@@H]1CC(=O)N(c2ccc(F)cc2)C1=O)c1ccccc1[N+](=O)[O-]. The molecule has 2 N–H and O–H groups in total. The molecule has 0 saturated carbocycles. The van der Waals surface area contributed by atoms with E-state index in [4.69, 9.17) is 0 Å². The Bertz CT molecular complexity index is 931. The number of benzene rings is 2. The minimum Gasteiger partial charge on any atom is -0.286 e. The van der Waals surface area contributed by atoms with Gasteiger partial charge in [-0.15, -0.1) is 0 Å². The molecule has 0 bridgehead atoms. The standard InChI is InChI=1S/C17H13FN4O5/c18-10-5-7-11(8-6-10)21-15(23)9-13(17(21)25)19-20-16(24)12-3-1-2-4-14(12)22(26)27/h1-8,13,19H,9H2,(H,20,24)/t13-/m1/s1. The lowest BCUT2D eigenvalue weighted by molar-refractivity contribution is -0.385. The van der Waals surface area contributed by atoms with Crippen LogP contribution in [0.25, 0.3) is 0 Å². The highest BCUT2D eigenvalue weighted by molar-refractivity contribution is 6.22. The van der Waals surface area contributed by atoms with E-state index in [9.17, 15) is 28.9 Å². The molecule has 1 saturated heterocycles. The average Bonchev–Trinajstić information content (AvgIpc) is 2.94. The molecular weight excluding hydrogens is 359 g/mol. The fourth-order valence-electron chi connectivity index (χ4n) is 2.65. The Labute approximate surface area is 151 Å². The van der Waals surface area contributed by atoms with E-state index < -0.39 is 40.2 Å². The maximum atomic E-state index is 13.0. The minimum atomic E-state index is -1.05. The lowest BCUT2D eigenvalue weighted by Crippen LogP contribution is -2.48. The number of halogens is 1. The molecule has 0 radical (unpaired) electrons. The fraction of sp³-hybridized carbons (Fsp3) is 0.118. The number of imide groups is 1. The number of carbonyl (C=O) groups is 3. The summed E-state index contributed by atoms with van der Waals surface area (Å²) in [4.78, 5) is 47.9. The number of anilines is 1. The number of carbonyl (C=O) groups excluding carboxylic acids is 3. The van der Waals surface area contributed by atoms with Gasteiger partial charge in [0.15, 0.2) is 0 Å². The van der Waals surface area contributed by atoms with Crippen molar-refractivity contribution in [3.8, 4) is 0 Å². The van der Waals surface area contributed by atoms with Crippen LogP contribution in [-0.4, -0.2) is 28.7 Å². The van der Waals surface area contributed by atoms with Gasteiger partial charge in [-0.3, -0.25) is 29.9 Å². The van der Waals surface area contributed by atoms with Crippen LogP contribution in [-0.2, 0) is 9.59 Å². The summed E-state index contributed by atoms with van der Waals surface area (Å²) in [5.41, 5.74) is 4.27. The van der Waals surface area contributed by atoms with Crippen LogP contribution >= 0.6 is 0 Å². The molecule has 1 heterocycles. The van der Waals surface area contributed by atoms with E-state index in [2.05, 4.69) is 10.9 Å². The van der Waals surface area contributed by atoms with Crippen molar-refractivity contribution >= 4 is 29.1 Å². The van der Waals surface area contributed by atoms with E-state index in [0.717, 1.165) is 17.0 Å². The normalized spacial score (nSPS) is 16.5. The summed E-state index contributed by atoms with van der Waals surface area (Å²) in [6.07, 6.45) is -0.229. The van der Waals surface area contributed by atoms with Crippen LogP contribution in [0.15, 0.2) is 48.5 Å². The number of hydrogen-bond acceptors (Lipinski definition) is 6. The molecule has 2 aromatic rings. The van der Waals surface area contributed by atoms with Gasteiger partial charge in [0.1, 0.15) is 17.4 Å². The predicted molar refractivity (Wildman–Crippen MR) is 91.0 cm³/mol. The van der Waals surface area contributed by atoms with Crippen molar-refractivity contribution in [2.75, 3.05) is 4.90 Å². The third-order valence-electron chi connectivity index (χ3n) is 3.94. The van der Waals surface area contributed by atoms with Crippen molar-refractivity contribution in [2.45, 2.75) is 12.5 Å². The Morgan fingerprint density at radius 2 is 1.81 bits per heavy atom. The Balaban J connectivity index is 1.70. The van der Waals surface area contributed by atoms with E-state index >= 15 is 0 Å². The third kappa shape index (κ3) is 3.65. The van der Waals surface area contributed by atoms with Crippen LogP contribution in [0, 0.1) is 15.9 Å². The molecule has 0 spiro atoms. The van der Waals surface area contributed by atoms with E-state index in [0.29, 0.717) is 0 Å². The first-order valence-electron chi connectivity index (χ1n) is 7.80. The molecule has 1 fully saturated rings. The topological polar surface area (TPSA) is 122 Å². The summed E-state index contributed by atoms with van der Waals surface area (Å²) in [6, 6.07) is 9.09. The second kappa shape index (κ2) is 7.30. The summed E-state index contributed by atoms with van der Waals surface area (Å²) < 4.78 is 13.0. The monoisotopic (exact) mass is 372 g/mol. The van der Waals surface area contributed by atoms with Crippen LogP contribution in [0.1, 0.15) is 16.8 Å². The summed E-state index contributed by atoms with van der Waals surface area (Å²) in [7, 11) is 0. The van der Waals surface area contributed by atoms with Gasteiger partial charge in [-0.05, 0) is 30.3 Å². The number of nitrogens with zero attached hydrogens (tertiary/aromatic N) is 2. The number of para-hydroxylation sites is 1. The Morgan fingerprint density at radius 3 is 2.48 bits per heavy atom. The van der Waals surface area contributed by atoms with Crippen molar-refractivity contribution < 1.29 is 23.7 Å². The number of hydrazine groups is 1. The molecule has 0 unspecified atom stereocenters. The second-order valence-corrected chi connectivity index (χ2v) is 5.67. The zero-order chi connectivity index (χ0) is 19.6. The van der Waals surface area contributed by atoms with Gasteiger partial charge in [0.2, 0.25) is 5.91 Å². The summed E-state index contributed by atoms with van der Waals surface area (Å²) >= 11 is 0. The smallest absolute Gasteiger partial charge is 0.282 e. The maximum absolute atomic E-state index is 13.0. The van der Waals surface area contributed by atoms with Gasteiger partial charge in [-0.2, -0.15) is 0 Å². The van der Waals surface area contributed by atoms with Crippen molar-refractivity contribution in [3.05, 3.63) is 70.0 Å². The average molecular weight is 372 g/mol. The summed E-state index contributed by atoms with van der Waals surface area (Å²) in [6.45, 7) is 0. The molecule has 1 aliphatic heterocycles. The first kappa shape index (κ1) is 18.1. The molecule has 3 rings (SSSR count). The van der Waals surface area contributed by atoms with Crippen molar-refractivity contribution in [1.29, 1.82) is 0 Å². The molecule has 138 valence electrons. The van der Waals surface area contributed by atoms with Crippen molar-refractivity contribution in [1.82, 2.24) is 10.9 Å². The largest absolute Gasteiger partial charge is 0.286 e. The second-order valence-electron chi connectivity index (χ2n) is 5.67. The first-order valence-corrected chi connectivity index (χ1v) is 7.80. The molecule has 1 aliphatic rings. The number of nitro benzene ring substituents is 1. The van der Waals surface area contributed by atoms with Gasteiger partial charge in [0.05, 0.1) is 17.0 Å². The third-order valence-corrected chi connectivity index (χ3v) is 3.94. The number of amides is 3. The highest BCUT2D eigenvalue weighted by Gasteiger charge is 2.39. The predicted octanol–water partition coefficient (Wildman–Crippen LogP) is 1.30. The summed E-state index contributed by atoms with van der Waals surface area (Å²) in [5, 5.41) is 11.0. The van der Waals surface area contributed by atoms with E-state index in [1.54, 1.807) is 0 Å². The van der Waals surface area contributed by atoms with Gasteiger partial charge in [0, 0.05) is 6.07 Å². The number of nitrogens with one attached hydrogen (secondary N) is 2. The number of nitro groups is 1. The van der Waals surface area contributed by atoms with Gasteiger partial charge in [0.25, 0.3) is 17.5 Å². The molecule has 0 aromatic heterocycles. The number of hydrogen-bond donors (Lipinski definition) is 2. The van der Waals surface area contributed by atoms with Crippen LogP contribution in [0.5, 0.6) is 0 Å². The molecule has 27 heavy (non-hydrogen) atoms.